The van der Waals surface area contributed by atoms with Gasteiger partial charge in [0.2, 0.25) is 0 Å². The van der Waals surface area contributed by atoms with Gasteiger partial charge in [0.15, 0.2) is 0 Å². The maximum atomic E-state index is 5.80. The SMILES string of the molecule is Clc1csc(CNc2cncnc2)c1. The highest BCUT2D eigenvalue weighted by atomic mass is 35.5. The number of rotatable bonds is 3. The van der Waals surface area contributed by atoms with Crippen LogP contribution in [0.2, 0.25) is 5.02 Å². The van der Waals surface area contributed by atoms with Crippen molar-refractivity contribution in [3.63, 3.8) is 0 Å². The molecular weight excluding hydrogens is 218 g/mol. The van der Waals surface area contributed by atoms with E-state index in [2.05, 4.69) is 15.3 Å². The lowest BCUT2D eigenvalue weighted by Crippen LogP contribution is -1.97. The molecule has 0 radical (unpaired) electrons. The molecule has 0 saturated heterocycles. The summed E-state index contributed by atoms with van der Waals surface area (Å²) in [6.45, 7) is 0.755. The minimum absolute atomic E-state index is 0.755. The second kappa shape index (κ2) is 4.39. The Morgan fingerprint density at radius 3 is 2.79 bits per heavy atom. The lowest BCUT2D eigenvalue weighted by molar-refractivity contribution is 1.12. The van der Waals surface area contributed by atoms with Crippen LogP contribution in [-0.4, -0.2) is 9.97 Å². The number of thiophene rings is 1. The third kappa shape index (κ3) is 2.43. The van der Waals surface area contributed by atoms with E-state index in [-0.39, 0.29) is 0 Å². The smallest absolute Gasteiger partial charge is 0.115 e. The van der Waals surface area contributed by atoms with Gasteiger partial charge < -0.3 is 5.32 Å². The minimum Gasteiger partial charge on any atom is -0.378 e. The minimum atomic E-state index is 0.755. The summed E-state index contributed by atoms with van der Waals surface area (Å²) in [6, 6.07) is 1.95. The van der Waals surface area contributed by atoms with Crippen LogP contribution in [0.25, 0.3) is 0 Å². The molecule has 72 valence electrons. The molecule has 0 bridgehead atoms. The van der Waals surface area contributed by atoms with Crippen LogP contribution in [0.5, 0.6) is 0 Å². The fraction of sp³-hybridized carbons (Fsp3) is 0.111. The molecule has 2 aromatic rings. The molecular formula is C9H8ClN3S. The molecule has 2 heterocycles. The predicted molar refractivity (Wildman–Crippen MR) is 58.7 cm³/mol. The Morgan fingerprint density at radius 2 is 2.14 bits per heavy atom. The zero-order valence-electron chi connectivity index (χ0n) is 7.27. The standard InChI is InChI=1S/C9H8ClN3S/c10-7-1-9(14-5-7)4-13-8-2-11-6-12-3-8/h1-3,5-6,13H,4H2. The molecule has 0 atom stereocenters. The van der Waals surface area contributed by atoms with Crippen molar-refractivity contribution in [3.8, 4) is 0 Å². The van der Waals surface area contributed by atoms with Crippen molar-refractivity contribution in [1.29, 1.82) is 0 Å². The number of halogens is 1. The van der Waals surface area contributed by atoms with Gasteiger partial charge in [-0.2, -0.15) is 0 Å². The van der Waals surface area contributed by atoms with Crippen molar-refractivity contribution in [1.82, 2.24) is 9.97 Å². The number of nitrogens with one attached hydrogen (secondary N) is 1. The van der Waals surface area contributed by atoms with Gasteiger partial charge in [0.25, 0.3) is 0 Å². The number of anilines is 1. The largest absolute Gasteiger partial charge is 0.378 e. The van der Waals surface area contributed by atoms with Crippen LogP contribution >= 0.6 is 22.9 Å². The average molecular weight is 226 g/mol. The van der Waals surface area contributed by atoms with E-state index in [1.807, 2.05) is 11.4 Å². The first-order valence-electron chi connectivity index (χ1n) is 4.06. The first kappa shape index (κ1) is 9.43. The topological polar surface area (TPSA) is 37.8 Å². The second-order valence-corrected chi connectivity index (χ2v) is 4.14. The van der Waals surface area contributed by atoms with Gasteiger partial charge in [0, 0.05) is 16.8 Å². The van der Waals surface area contributed by atoms with Crippen LogP contribution in [0.3, 0.4) is 0 Å². The van der Waals surface area contributed by atoms with Crippen LogP contribution in [0.15, 0.2) is 30.2 Å². The number of nitrogens with zero attached hydrogens (tertiary/aromatic N) is 2. The summed E-state index contributed by atoms with van der Waals surface area (Å²) in [6.07, 6.45) is 4.98. The van der Waals surface area contributed by atoms with E-state index in [4.69, 9.17) is 11.6 Å². The molecule has 0 spiro atoms. The second-order valence-electron chi connectivity index (χ2n) is 2.71. The molecule has 14 heavy (non-hydrogen) atoms. The summed E-state index contributed by atoms with van der Waals surface area (Å²) in [4.78, 5) is 9.01. The van der Waals surface area contributed by atoms with Crippen molar-refractivity contribution in [2.45, 2.75) is 6.54 Å². The summed E-state index contributed by atoms with van der Waals surface area (Å²) in [5.41, 5.74) is 0.914. The lowest BCUT2D eigenvalue weighted by Gasteiger charge is -2.01. The van der Waals surface area contributed by atoms with Gasteiger partial charge >= 0.3 is 0 Å². The number of hydrogen-bond donors (Lipinski definition) is 1. The van der Waals surface area contributed by atoms with Crippen LogP contribution in [0, 0.1) is 0 Å². The third-order valence-corrected chi connectivity index (χ3v) is 2.93. The highest BCUT2D eigenvalue weighted by Crippen LogP contribution is 2.19. The molecule has 0 fully saturated rings. The Labute approximate surface area is 90.8 Å². The van der Waals surface area contributed by atoms with Gasteiger partial charge in [-0.05, 0) is 6.07 Å². The van der Waals surface area contributed by atoms with E-state index in [0.717, 1.165) is 17.3 Å². The van der Waals surface area contributed by atoms with Crippen molar-refractivity contribution in [2.75, 3.05) is 5.32 Å². The van der Waals surface area contributed by atoms with E-state index in [9.17, 15) is 0 Å². The molecule has 3 nitrogen and oxygen atoms in total. The van der Waals surface area contributed by atoms with Gasteiger partial charge in [-0.25, -0.2) is 9.97 Å². The molecule has 0 unspecified atom stereocenters. The van der Waals surface area contributed by atoms with Crippen LogP contribution < -0.4 is 5.32 Å². The van der Waals surface area contributed by atoms with Crippen molar-refractivity contribution in [2.24, 2.45) is 0 Å². The molecule has 0 amide bonds. The van der Waals surface area contributed by atoms with E-state index in [0.29, 0.717) is 0 Å². The van der Waals surface area contributed by atoms with Crippen molar-refractivity contribution >= 4 is 28.6 Å². The molecule has 1 N–H and O–H groups in total. The normalized spacial score (nSPS) is 10.1. The summed E-state index contributed by atoms with van der Waals surface area (Å²) in [5, 5.41) is 5.91. The summed E-state index contributed by atoms with van der Waals surface area (Å²) in [7, 11) is 0. The predicted octanol–water partition coefficient (Wildman–Crippen LogP) is 2.80. The van der Waals surface area contributed by atoms with Gasteiger partial charge in [-0.3, -0.25) is 0 Å². The van der Waals surface area contributed by atoms with E-state index in [1.165, 1.54) is 11.2 Å². The summed E-state index contributed by atoms with van der Waals surface area (Å²) in [5.74, 6) is 0. The van der Waals surface area contributed by atoms with E-state index in [1.54, 1.807) is 23.7 Å². The van der Waals surface area contributed by atoms with Gasteiger partial charge in [-0.1, -0.05) is 11.6 Å². The molecule has 0 aromatic carbocycles. The molecule has 0 saturated carbocycles. The maximum absolute atomic E-state index is 5.80. The fourth-order valence-corrected chi connectivity index (χ4v) is 2.04. The average Bonchev–Trinajstić information content (AvgIpc) is 2.63. The first-order chi connectivity index (χ1) is 6.84. The Bertz CT molecular complexity index is 401. The third-order valence-electron chi connectivity index (χ3n) is 1.65. The molecule has 0 aliphatic heterocycles. The number of hydrogen-bond acceptors (Lipinski definition) is 4. The van der Waals surface area contributed by atoms with E-state index >= 15 is 0 Å². The Balaban J connectivity index is 1.95. The maximum Gasteiger partial charge on any atom is 0.115 e. The molecule has 5 heteroatoms. The lowest BCUT2D eigenvalue weighted by atomic mass is 10.4. The summed E-state index contributed by atoms with van der Waals surface area (Å²) >= 11 is 7.43. The zero-order chi connectivity index (χ0) is 9.80. The molecule has 2 aromatic heterocycles. The highest BCUT2D eigenvalue weighted by Gasteiger charge is 1.97. The van der Waals surface area contributed by atoms with E-state index < -0.39 is 0 Å². The quantitative estimate of drug-likeness (QED) is 0.873. The Morgan fingerprint density at radius 1 is 1.36 bits per heavy atom. The Hall–Kier alpha value is -1.13. The fourth-order valence-electron chi connectivity index (χ4n) is 1.03. The zero-order valence-corrected chi connectivity index (χ0v) is 8.85. The Kier molecular flexibility index (Phi) is 2.96. The molecule has 0 aliphatic carbocycles. The first-order valence-corrected chi connectivity index (χ1v) is 5.32. The van der Waals surface area contributed by atoms with Crippen molar-refractivity contribution < 1.29 is 0 Å². The highest BCUT2D eigenvalue weighted by molar-refractivity contribution is 7.10. The van der Waals surface area contributed by atoms with Crippen LogP contribution in [-0.2, 0) is 6.54 Å². The monoisotopic (exact) mass is 225 g/mol. The van der Waals surface area contributed by atoms with Crippen LogP contribution in [0.4, 0.5) is 5.69 Å². The van der Waals surface area contributed by atoms with Gasteiger partial charge in [0.1, 0.15) is 6.33 Å². The van der Waals surface area contributed by atoms with Crippen LogP contribution in [0.1, 0.15) is 4.88 Å². The molecule has 0 aliphatic rings. The molecule has 2 rings (SSSR count). The summed E-state index contributed by atoms with van der Waals surface area (Å²) < 4.78 is 0. The van der Waals surface area contributed by atoms with Gasteiger partial charge in [-0.15, -0.1) is 11.3 Å². The van der Waals surface area contributed by atoms with Gasteiger partial charge in [0.05, 0.1) is 23.1 Å². The van der Waals surface area contributed by atoms with Crippen molar-refractivity contribution in [3.05, 3.63) is 40.1 Å². The number of aromatic nitrogens is 2.